The Morgan fingerprint density at radius 1 is 1.06 bits per heavy atom. The van der Waals surface area contributed by atoms with Gasteiger partial charge in [-0.1, -0.05) is 39.7 Å². The molecule has 0 fully saturated rings. The van der Waals surface area contributed by atoms with Crippen LogP contribution >= 0.6 is 59.4 Å². The van der Waals surface area contributed by atoms with Crippen molar-refractivity contribution in [3.05, 3.63) is 89.9 Å². The van der Waals surface area contributed by atoms with Gasteiger partial charge in [-0.05, 0) is 79.9 Å². The Kier molecular flexibility index (Phi) is 7.98. The third kappa shape index (κ3) is 5.83. The topological polar surface area (TPSA) is 73.1 Å². The van der Waals surface area contributed by atoms with Crippen molar-refractivity contribution in [2.24, 2.45) is 5.10 Å². The molecule has 0 saturated heterocycles. The highest BCUT2D eigenvalue weighted by Gasteiger charge is 2.15. The second kappa shape index (κ2) is 10.9. The first-order valence-corrected chi connectivity index (χ1v) is 12.6. The van der Waals surface area contributed by atoms with Crippen LogP contribution in [0.25, 0.3) is 11.0 Å². The van der Waals surface area contributed by atoms with Crippen LogP contribution in [0.15, 0.2) is 77.5 Å². The molecule has 0 bridgehead atoms. The van der Waals surface area contributed by atoms with E-state index in [2.05, 4.69) is 58.3 Å². The summed E-state index contributed by atoms with van der Waals surface area (Å²) in [5, 5.41) is 5.51. The molecule has 1 heterocycles. The van der Waals surface area contributed by atoms with Crippen molar-refractivity contribution < 1.29 is 18.7 Å². The van der Waals surface area contributed by atoms with E-state index in [1.54, 1.807) is 25.3 Å². The molecule has 4 aromatic rings. The van der Waals surface area contributed by atoms with Crippen LogP contribution in [0.2, 0.25) is 5.02 Å². The summed E-state index contributed by atoms with van der Waals surface area (Å²) < 4.78 is 19.4. The number of benzene rings is 3. The molecule has 4 rings (SSSR count). The lowest BCUT2D eigenvalue weighted by Crippen LogP contribution is -2.16. The van der Waals surface area contributed by atoms with Crippen molar-refractivity contribution in [1.82, 2.24) is 5.43 Å². The standard InChI is InChI=1S/C24H16Br3ClN2O4/c1-32-20-8-15(18(26)10-21(20)33-12-13-2-4-17(28)5-3-13)11-29-30-24(31)22-7-14-6-16(25)9-19(27)23(14)34-22/h2-11H,12H2,1H3,(H,30,31)/b29-11-. The predicted molar refractivity (Wildman–Crippen MR) is 143 cm³/mol. The summed E-state index contributed by atoms with van der Waals surface area (Å²) in [5.74, 6) is 0.761. The highest BCUT2D eigenvalue weighted by Crippen LogP contribution is 2.34. The number of hydrazone groups is 1. The van der Waals surface area contributed by atoms with Crippen LogP contribution < -0.4 is 14.9 Å². The lowest BCUT2D eigenvalue weighted by Gasteiger charge is -2.13. The highest BCUT2D eigenvalue weighted by atomic mass is 79.9. The number of hydrogen-bond acceptors (Lipinski definition) is 5. The predicted octanol–water partition coefficient (Wildman–Crippen LogP) is 7.73. The molecule has 6 nitrogen and oxygen atoms in total. The number of carbonyl (C=O) groups excluding carboxylic acids is 1. The zero-order valence-electron chi connectivity index (χ0n) is 17.6. The molecular weight excluding hydrogens is 655 g/mol. The fraction of sp³-hybridized carbons (Fsp3) is 0.0833. The molecule has 0 atom stereocenters. The lowest BCUT2D eigenvalue weighted by atomic mass is 10.2. The summed E-state index contributed by atoms with van der Waals surface area (Å²) in [6.45, 7) is 0.355. The van der Waals surface area contributed by atoms with Crippen LogP contribution in [0.1, 0.15) is 21.7 Å². The molecule has 34 heavy (non-hydrogen) atoms. The summed E-state index contributed by atoms with van der Waals surface area (Å²) in [4.78, 5) is 12.5. The van der Waals surface area contributed by atoms with E-state index in [9.17, 15) is 4.79 Å². The van der Waals surface area contributed by atoms with E-state index in [1.165, 1.54) is 6.21 Å². The third-order valence-electron chi connectivity index (χ3n) is 4.72. The average molecular weight is 672 g/mol. The highest BCUT2D eigenvalue weighted by molar-refractivity contribution is 9.11. The summed E-state index contributed by atoms with van der Waals surface area (Å²) in [5.41, 5.74) is 4.72. The Bertz CT molecular complexity index is 1390. The van der Waals surface area contributed by atoms with Crippen LogP contribution in [0, 0.1) is 0 Å². The minimum Gasteiger partial charge on any atom is -0.493 e. The summed E-state index contributed by atoms with van der Waals surface area (Å²) >= 11 is 16.3. The quantitative estimate of drug-likeness (QED) is 0.161. The van der Waals surface area contributed by atoms with Gasteiger partial charge in [-0.15, -0.1) is 0 Å². The van der Waals surface area contributed by atoms with Crippen molar-refractivity contribution in [2.75, 3.05) is 7.11 Å². The van der Waals surface area contributed by atoms with Gasteiger partial charge in [0.05, 0.1) is 17.8 Å². The molecule has 1 amide bonds. The van der Waals surface area contributed by atoms with Gasteiger partial charge in [0.2, 0.25) is 0 Å². The minimum atomic E-state index is -0.471. The summed E-state index contributed by atoms with van der Waals surface area (Å²) in [6, 6.07) is 16.3. The molecule has 0 aliphatic heterocycles. The van der Waals surface area contributed by atoms with Crippen LogP contribution in [0.4, 0.5) is 0 Å². The van der Waals surface area contributed by atoms with E-state index in [-0.39, 0.29) is 5.76 Å². The normalized spacial score (nSPS) is 11.2. The molecule has 0 unspecified atom stereocenters. The maximum Gasteiger partial charge on any atom is 0.307 e. The molecule has 0 aliphatic rings. The number of hydrogen-bond donors (Lipinski definition) is 1. The molecule has 0 spiro atoms. The van der Waals surface area contributed by atoms with Crippen LogP contribution in [0.3, 0.4) is 0 Å². The Balaban J connectivity index is 1.45. The molecule has 174 valence electrons. The van der Waals surface area contributed by atoms with Gasteiger partial charge >= 0.3 is 5.91 Å². The summed E-state index contributed by atoms with van der Waals surface area (Å²) in [7, 11) is 1.55. The van der Waals surface area contributed by atoms with Crippen molar-refractivity contribution in [1.29, 1.82) is 0 Å². The fourth-order valence-electron chi connectivity index (χ4n) is 3.07. The van der Waals surface area contributed by atoms with E-state index >= 15 is 0 Å². The first-order chi connectivity index (χ1) is 16.3. The third-order valence-corrected chi connectivity index (χ3v) is 6.71. The average Bonchev–Trinajstić information content (AvgIpc) is 3.24. The Hall–Kier alpha value is -2.33. The number of carbonyl (C=O) groups is 1. The van der Waals surface area contributed by atoms with Gasteiger partial charge in [0, 0.05) is 24.9 Å². The molecule has 0 radical (unpaired) electrons. The van der Waals surface area contributed by atoms with Gasteiger partial charge in [-0.2, -0.15) is 5.10 Å². The van der Waals surface area contributed by atoms with E-state index in [4.69, 9.17) is 25.5 Å². The van der Waals surface area contributed by atoms with Gasteiger partial charge < -0.3 is 13.9 Å². The number of fused-ring (bicyclic) bond motifs is 1. The number of nitrogens with one attached hydrogen (secondary N) is 1. The number of nitrogens with zero attached hydrogens (tertiary/aromatic N) is 1. The molecule has 0 aliphatic carbocycles. The molecule has 1 aromatic heterocycles. The largest absolute Gasteiger partial charge is 0.493 e. The molecular formula is C24H16Br3ClN2O4. The minimum absolute atomic E-state index is 0.147. The van der Waals surface area contributed by atoms with Gasteiger partial charge in [0.15, 0.2) is 17.3 Å². The number of amides is 1. The molecule has 1 N–H and O–H groups in total. The lowest BCUT2D eigenvalue weighted by molar-refractivity contribution is 0.0929. The van der Waals surface area contributed by atoms with Gasteiger partial charge in [0.25, 0.3) is 0 Å². The van der Waals surface area contributed by atoms with Gasteiger partial charge in [-0.3, -0.25) is 4.79 Å². The van der Waals surface area contributed by atoms with Gasteiger partial charge in [0.1, 0.15) is 12.2 Å². The maximum atomic E-state index is 12.5. The van der Waals surface area contributed by atoms with E-state index < -0.39 is 5.91 Å². The Labute approximate surface area is 225 Å². The van der Waals surface area contributed by atoms with Crippen molar-refractivity contribution in [2.45, 2.75) is 6.61 Å². The Morgan fingerprint density at radius 2 is 1.82 bits per heavy atom. The van der Waals surface area contributed by atoms with E-state index in [0.717, 1.165) is 24.4 Å². The van der Waals surface area contributed by atoms with Crippen LogP contribution in [0.5, 0.6) is 11.5 Å². The molecule has 10 heteroatoms. The number of methoxy groups -OCH3 is 1. The van der Waals surface area contributed by atoms with Gasteiger partial charge in [-0.25, -0.2) is 5.43 Å². The SMILES string of the molecule is COc1cc(/C=N\NC(=O)c2cc3cc(Br)cc(Br)c3o2)c(Br)cc1OCc1ccc(Cl)cc1. The van der Waals surface area contributed by atoms with Crippen molar-refractivity contribution >= 4 is 82.5 Å². The number of halogens is 4. The first kappa shape index (κ1) is 24.8. The molecule has 0 saturated carbocycles. The van der Waals surface area contributed by atoms with Crippen molar-refractivity contribution in [3.8, 4) is 11.5 Å². The number of furan rings is 1. The smallest absolute Gasteiger partial charge is 0.307 e. The number of rotatable bonds is 7. The Morgan fingerprint density at radius 3 is 2.56 bits per heavy atom. The maximum absolute atomic E-state index is 12.5. The second-order valence-corrected chi connectivity index (χ2v) is 10.1. The van der Waals surface area contributed by atoms with Crippen LogP contribution in [-0.4, -0.2) is 19.2 Å². The van der Waals surface area contributed by atoms with Crippen LogP contribution in [-0.2, 0) is 6.61 Å². The first-order valence-electron chi connectivity index (χ1n) is 9.81. The summed E-state index contributed by atoms with van der Waals surface area (Å²) in [6.07, 6.45) is 1.50. The zero-order chi connectivity index (χ0) is 24.2. The monoisotopic (exact) mass is 668 g/mol. The van der Waals surface area contributed by atoms with E-state index in [0.29, 0.717) is 34.3 Å². The fourth-order valence-corrected chi connectivity index (χ4v) is 4.96. The van der Waals surface area contributed by atoms with E-state index in [1.807, 2.05) is 36.4 Å². The number of ether oxygens (including phenoxy) is 2. The zero-order valence-corrected chi connectivity index (χ0v) is 23.1. The molecule has 3 aromatic carbocycles. The van der Waals surface area contributed by atoms with Crippen molar-refractivity contribution in [3.63, 3.8) is 0 Å². The second-order valence-electron chi connectivity index (χ2n) is 7.06.